The topological polar surface area (TPSA) is 35.0 Å². The van der Waals surface area contributed by atoms with E-state index in [1.165, 1.54) is 10.4 Å². The molecule has 0 aliphatic heterocycles. The van der Waals surface area contributed by atoms with Crippen molar-refractivity contribution in [2.45, 2.75) is 13.0 Å². The first kappa shape index (κ1) is 16.1. The quantitative estimate of drug-likeness (QED) is 0.466. The normalized spacial score (nSPS) is 10.9. The van der Waals surface area contributed by atoms with E-state index in [-0.39, 0.29) is 0 Å². The van der Waals surface area contributed by atoms with Crippen molar-refractivity contribution in [3.63, 3.8) is 0 Å². The molecule has 0 saturated heterocycles. The number of aromatic nitrogens is 2. The monoisotopic (exact) mass is 366 g/mol. The highest BCUT2D eigenvalue weighted by atomic mass is 35.5. The second-order valence-corrected chi connectivity index (χ2v) is 7.10. The van der Waals surface area contributed by atoms with Crippen molar-refractivity contribution in [2.75, 3.05) is 0 Å². The lowest BCUT2D eigenvalue weighted by atomic mass is 10.1. The number of hydrogen-bond acceptors (Lipinski definition) is 4. The molecule has 0 aliphatic rings. The van der Waals surface area contributed by atoms with Crippen LogP contribution in [0, 0.1) is 0 Å². The Morgan fingerprint density at radius 3 is 2.80 bits per heavy atom. The zero-order valence-corrected chi connectivity index (χ0v) is 14.9. The Morgan fingerprint density at radius 1 is 1.04 bits per heavy atom. The van der Waals surface area contributed by atoms with Crippen LogP contribution in [0.5, 0.6) is 5.75 Å². The standard InChI is InChI=1S/C20H15ClN2OS/c21-19-4-2-1-3-16(19)12-24-17-6-5-15-7-14(10-23-20(15)9-17)8-18-11-22-13-25-18/h1-7,9-11,13H,8,12H2. The zero-order chi connectivity index (χ0) is 17.1. The molecule has 0 bridgehead atoms. The van der Waals surface area contributed by atoms with Crippen molar-refractivity contribution in [1.82, 2.24) is 9.97 Å². The number of hydrogen-bond donors (Lipinski definition) is 0. The van der Waals surface area contributed by atoms with E-state index in [0.717, 1.165) is 28.6 Å². The first-order chi connectivity index (χ1) is 12.3. The van der Waals surface area contributed by atoms with Crippen molar-refractivity contribution in [3.05, 3.63) is 87.5 Å². The third-order valence-electron chi connectivity index (χ3n) is 3.93. The highest BCUT2D eigenvalue weighted by molar-refractivity contribution is 7.09. The number of fused-ring (bicyclic) bond motifs is 1. The molecule has 0 spiro atoms. The van der Waals surface area contributed by atoms with Gasteiger partial charge >= 0.3 is 0 Å². The summed E-state index contributed by atoms with van der Waals surface area (Å²) in [5, 5.41) is 1.82. The van der Waals surface area contributed by atoms with Gasteiger partial charge in [0.05, 0.1) is 11.0 Å². The first-order valence-electron chi connectivity index (χ1n) is 7.90. The first-order valence-corrected chi connectivity index (χ1v) is 9.16. The van der Waals surface area contributed by atoms with Crippen LogP contribution in [0.15, 0.2) is 66.4 Å². The highest BCUT2D eigenvalue weighted by Crippen LogP contribution is 2.23. The smallest absolute Gasteiger partial charge is 0.122 e. The average Bonchev–Trinajstić information content (AvgIpc) is 3.14. The Labute approximate surface area is 154 Å². The molecule has 5 heteroatoms. The van der Waals surface area contributed by atoms with Gasteiger partial charge in [-0.25, -0.2) is 0 Å². The van der Waals surface area contributed by atoms with Crippen LogP contribution in [0.4, 0.5) is 0 Å². The zero-order valence-electron chi connectivity index (χ0n) is 13.4. The summed E-state index contributed by atoms with van der Waals surface area (Å²) in [7, 11) is 0. The van der Waals surface area contributed by atoms with Gasteiger partial charge in [0.15, 0.2) is 0 Å². The second kappa shape index (κ2) is 7.21. The van der Waals surface area contributed by atoms with Gasteiger partial charge in [-0.3, -0.25) is 9.97 Å². The van der Waals surface area contributed by atoms with Crippen LogP contribution in [-0.2, 0) is 13.0 Å². The van der Waals surface area contributed by atoms with Crippen molar-refractivity contribution >= 4 is 33.8 Å². The van der Waals surface area contributed by atoms with Crippen LogP contribution in [-0.4, -0.2) is 9.97 Å². The Balaban J connectivity index is 1.51. The van der Waals surface area contributed by atoms with E-state index in [1.807, 2.05) is 60.4 Å². The van der Waals surface area contributed by atoms with Crippen molar-refractivity contribution in [1.29, 1.82) is 0 Å². The van der Waals surface area contributed by atoms with Crippen LogP contribution in [0.2, 0.25) is 5.02 Å². The SMILES string of the molecule is Clc1ccccc1COc1ccc2cc(Cc3cncs3)cnc2c1. The van der Waals surface area contributed by atoms with E-state index in [0.29, 0.717) is 11.6 Å². The number of benzene rings is 2. The predicted molar refractivity (Wildman–Crippen MR) is 102 cm³/mol. The average molecular weight is 367 g/mol. The van der Waals surface area contributed by atoms with Crippen molar-refractivity contribution in [2.24, 2.45) is 0 Å². The second-order valence-electron chi connectivity index (χ2n) is 5.72. The molecule has 4 aromatic rings. The maximum absolute atomic E-state index is 6.17. The van der Waals surface area contributed by atoms with Crippen molar-refractivity contribution in [3.8, 4) is 5.75 Å². The summed E-state index contributed by atoms with van der Waals surface area (Å²) in [6.07, 6.45) is 4.68. The largest absolute Gasteiger partial charge is 0.489 e. The molecule has 0 unspecified atom stereocenters. The lowest BCUT2D eigenvalue weighted by Crippen LogP contribution is -1.96. The molecular weight excluding hydrogens is 352 g/mol. The molecule has 0 atom stereocenters. The van der Waals surface area contributed by atoms with E-state index >= 15 is 0 Å². The van der Waals surface area contributed by atoms with Gasteiger partial charge < -0.3 is 4.74 Å². The van der Waals surface area contributed by atoms with Crippen LogP contribution in [0.3, 0.4) is 0 Å². The molecule has 0 N–H and O–H groups in total. The fraction of sp³-hybridized carbons (Fsp3) is 0.100. The molecule has 0 fully saturated rings. The molecule has 2 aromatic heterocycles. The minimum absolute atomic E-state index is 0.439. The molecule has 25 heavy (non-hydrogen) atoms. The van der Waals surface area contributed by atoms with E-state index < -0.39 is 0 Å². The molecular formula is C20H15ClN2OS. The Kier molecular flexibility index (Phi) is 4.63. The van der Waals surface area contributed by atoms with Gasteiger partial charge in [0.2, 0.25) is 0 Å². The predicted octanol–water partition coefficient (Wildman–Crippen LogP) is 5.51. The number of thiazole rings is 1. The summed E-state index contributed by atoms with van der Waals surface area (Å²) in [6, 6.07) is 15.8. The van der Waals surface area contributed by atoms with Gasteiger partial charge in [-0.05, 0) is 29.8 Å². The molecule has 2 heterocycles. The number of halogens is 1. The third kappa shape index (κ3) is 3.81. The van der Waals surface area contributed by atoms with Gasteiger partial charge in [-0.1, -0.05) is 29.8 Å². The molecule has 4 rings (SSSR count). The molecule has 0 amide bonds. The van der Waals surface area contributed by atoms with Gasteiger partial charge in [-0.15, -0.1) is 11.3 Å². The summed E-state index contributed by atoms with van der Waals surface area (Å²) in [6.45, 7) is 0.439. The Hall–Kier alpha value is -2.43. The summed E-state index contributed by atoms with van der Waals surface area (Å²) in [5.41, 5.74) is 4.93. The maximum atomic E-state index is 6.17. The Bertz CT molecular complexity index is 1000. The van der Waals surface area contributed by atoms with Crippen LogP contribution >= 0.6 is 22.9 Å². The van der Waals surface area contributed by atoms with E-state index in [4.69, 9.17) is 16.3 Å². The Morgan fingerprint density at radius 2 is 1.96 bits per heavy atom. The minimum Gasteiger partial charge on any atom is -0.489 e. The number of nitrogens with zero attached hydrogens (tertiary/aromatic N) is 2. The number of rotatable bonds is 5. The molecule has 124 valence electrons. The molecule has 0 radical (unpaired) electrons. The highest BCUT2D eigenvalue weighted by Gasteiger charge is 2.04. The molecule has 3 nitrogen and oxygen atoms in total. The van der Waals surface area contributed by atoms with Crippen LogP contribution < -0.4 is 4.74 Å². The summed E-state index contributed by atoms with van der Waals surface area (Å²) in [5.74, 6) is 0.787. The minimum atomic E-state index is 0.439. The molecule has 2 aromatic carbocycles. The maximum Gasteiger partial charge on any atom is 0.122 e. The van der Waals surface area contributed by atoms with Crippen LogP contribution in [0.25, 0.3) is 10.9 Å². The third-order valence-corrected chi connectivity index (χ3v) is 5.07. The molecule has 0 aliphatic carbocycles. The lowest BCUT2D eigenvalue weighted by Gasteiger charge is -2.09. The van der Waals surface area contributed by atoms with Crippen molar-refractivity contribution < 1.29 is 4.74 Å². The fourth-order valence-electron chi connectivity index (χ4n) is 2.64. The lowest BCUT2D eigenvalue weighted by molar-refractivity contribution is 0.306. The van der Waals surface area contributed by atoms with Gasteiger partial charge in [0.1, 0.15) is 12.4 Å². The van der Waals surface area contributed by atoms with E-state index in [2.05, 4.69) is 16.0 Å². The van der Waals surface area contributed by atoms with E-state index in [9.17, 15) is 0 Å². The molecule has 0 saturated carbocycles. The van der Waals surface area contributed by atoms with Crippen LogP contribution in [0.1, 0.15) is 16.0 Å². The van der Waals surface area contributed by atoms with Gasteiger partial charge in [0.25, 0.3) is 0 Å². The summed E-state index contributed by atoms with van der Waals surface area (Å²) < 4.78 is 5.87. The summed E-state index contributed by atoms with van der Waals surface area (Å²) in [4.78, 5) is 9.93. The van der Waals surface area contributed by atoms with Gasteiger partial charge in [-0.2, -0.15) is 0 Å². The number of ether oxygens (including phenoxy) is 1. The van der Waals surface area contributed by atoms with E-state index in [1.54, 1.807) is 11.3 Å². The van der Waals surface area contributed by atoms with Gasteiger partial charge in [0, 0.05) is 45.7 Å². The fourth-order valence-corrected chi connectivity index (χ4v) is 3.46. The summed E-state index contributed by atoms with van der Waals surface area (Å²) >= 11 is 7.83. The number of pyridine rings is 1.